The number of carboxylic acid groups (broad SMARTS) is 1. The van der Waals surface area contributed by atoms with E-state index in [0.717, 1.165) is 11.3 Å². The van der Waals surface area contributed by atoms with Crippen LogP contribution in [0.25, 0.3) is 17.4 Å². The lowest BCUT2D eigenvalue weighted by molar-refractivity contribution is -0.139. The molecule has 1 aliphatic heterocycles. The number of halogens is 1. The normalized spacial score (nSPS) is 15.0. The van der Waals surface area contributed by atoms with Crippen molar-refractivity contribution >= 4 is 46.6 Å². The molecule has 5 rings (SSSR count). The second-order valence-corrected chi connectivity index (χ2v) is 10.9. The first kappa shape index (κ1) is 28.1. The molecule has 41 heavy (non-hydrogen) atoms. The third-order valence-electron chi connectivity index (χ3n) is 6.62. The Morgan fingerprint density at radius 3 is 2.56 bits per heavy atom. The molecule has 0 saturated carbocycles. The van der Waals surface area contributed by atoms with E-state index in [-0.39, 0.29) is 22.8 Å². The summed E-state index contributed by atoms with van der Waals surface area (Å²) >= 11 is 7.18. The molecule has 4 aromatic rings. The van der Waals surface area contributed by atoms with Crippen molar-refractivity contribution in [2.45, 2.75) is 19.9 Å². The number of hydrogen-bond donors (Lipinski definition) is 1. The van der Waals surface area contributed by atoms with Gasteiger partial charge in [-0.25, -0.2) is 14.6 Å². The van der Waals surface area contributed by atoms with Crippen LogP contribution in [0.4, 0.5) is 5.69 Å². The van der Waals surface area contributed by atoms with E-state index in [1.54, 1.807) is 38.1 Å². The van der Waals surface area contributed by atoms with Gasteiger partial charge >= 0.3 is 11.9 Å². The molecule has 11 heteroatoms. The fourth-order valence-corrected chi connectivity index (χ4v) is 5.84. The van der Waals surface area contributed by atoms with Crippen LogP contribution in [0.5, 0.6) is 0 Å². The first-order valence-electron chi connectivity index (χ1n) is 12.7. The topological polar surface area (TPSA) is 114 Å². The third-order valence-corrected chi connectivity index (χ3v) is 7.94. The van der Waals surface area contributed by atoms with Crippen molar-refractivity contribution in [3.8, 4) is 11.3 Å². The highest BCUT2D eigenvalue weighted by molar-refractivity contribution is 7.07. The molecular formula is C30H26ClN3O6S. The zero-order chi connectivity index (χ0) is 29.4. The minimum atomic E-state index is -1.15. The summed E-state index contributed by atoms with van der Waals surface area (Å²) in [5.41, 5.74) is 2.67. The van der Waals surface area contributed by atoms with Crippen molar-refractivity contribution in [3.63, 3.8) is 0 Å². The van der Waals surface area contributed by atoms with Gasteiger partial charge in [-0.2, -0.15) is 0 Å². The van der Waals surface area contributed by atoms with E-state index < -0.39 is 18.0 Å². The van der Waals surface area contributed by atoms with Crippen molar-refractivity contribution in [1.82, 2.24) is 4.57 Å². The number of rotatable bonds is 7. The number of hydrogen-bond acceptors (Lipinski definition) is 8. The highest BCUT2D eigenvalue weighted by Crippen LogP contribution is 2.32. The monoisotopic (exact) mass is 591 g/mol. The third kappa shape index (κ3) is 5.36. The van der Waals surface area contributed by atoms with Gasteiger partial charge in [0.2, 0.25) is 0 Å². The summed E-state index contributed by atoms with van der Waals surface area (Å²) in [7, 11) is 3.87. The standard InChI is InChI=1S/C30H26ClN3O6S/c1-5-39-29(38)25-16(2)32-30-34(26(25)17-6-9-19(10-7-17)33(3)4)27(35)24(41-30)15-20-11-13-23(40-20)18-8-12-22(31)21(14-18)28(36)37/h6-15,26H,5H2,1-4H3,(H,36,37)/b24-15-/t26-/m1/s1. The number of fused-ring (bicyclic) bond motifs is 1. The van der Waals surface area contributed by atoms with Crippen LogP contribution < -0.4 is 19.8 Å². The zero-order valence-corrected chi connectivity index (χ0v) is 24.2. The maximum Gasteiger partial charge on any atom is 0.338 e. The molecule has 1 atom stereocenters. The van der Waals surface area contributed by atoms with Crippen LogP contribution in [-0.2, 0) is 9.53 Å². The van der Waals surface area contributed by atoms with Crippen LogP contribution in [0.15, 0.2) is 80.1 Å². The van der Waals surface area contributed by atoms with E-state index >= 15 is 0 Å². The van der Waals surface area contributed by atoms with Gasteiger partial charge in [0.05, 0.1) is 39.0 Å². The number of carbonyl (C=O) groups excluding carboxylic acids is 1. The quantitative estimate of drug-likeness (QED) is 0.315. The molecule has 0 amide bonds. The molecule has 0 bridgehead atoms. The Bertz CT molecular complexity index is 1880. The molecule has 9 nitrogen and oxygen atoms in total. The van der Waals surface area contributed by atoms with Crippen molar-refractivity contribution in [2.24, 2.45) is 4.99 Å². The lowest BCUT2D eigenvalue weighted by Crippen LogP contribution is -2.39. The minimum Gasteiger partial charge on any atom is -0.478 e. The van der Waals surface area contributed by atoms with Gasteiger partial charge in [0, 0.05) is 31.4 Å². The summed E-state index contributed by atoms with van der Waals surface area (Å²) in [6.07, 6.45) is 1.61. The first-order chi connectivity index (χ1) is 19.6. The Kier molecular flexibility index (Phi) is 7.70. The Morgan fingerprint density at radius 1 is 1.17 bits per heavy atom. The summed E-state index contributed by atoms with van der Waals surface area (Å²) in [6, 6.07) is 14.9. The van der Waals surface area contributed by atoms with Crippen LogP contribution in [0.2, 0.25) is 5.02 Å². The molecule has 1 N–H and O–H groups in total. The summed E-state index contributed by atoms with van der Waals surface area (Å²) in [5.74, 6) is -0.856. The number of furan rings is 1. The van der Waals surface area contributed by atoms with Gasteiger partial charge in [-0.15, -0.1) is 0 Å². The fraction of sp³-hybridized carbons (Fsp3) is 0.200. The SMILES string of the molecule is CCOC(=O)C1=C(C)N=c2s/c(=C\c3ccc(-c4ccc(Cl)c(C(=O)O)c4)o3)c(=O)n2[C@@H]1c1ccc(N(C)C)cc1. The number of aromatic carboxylic acids is 1. The Morgan fingerprint density at radius 2 is 1.90 bits per heavy atom. The highest BCUT2D eigenvalue weighted by atomic mass is 35.5. The Labute approximate surface area is 243 Å². The number of anilines is 1. The van der Waals surface area contributed by atoms with E-state index in [1.165, 1.54) is 28.0 Å². The lowest BCUT2D eigenvalue weighted by Gasteiger charge is -2.25. The number of thiazole rings is 1. The van der Waals surface area contributed by atoms with Crippen molar-refractivity contribution in [3.05, 3.63) is 107 Å². The van der Waals surface area contributed by atoms with Crippen molar-refractivity contribution in [1.29, 1.82) is 0 Å². The van der Waals surface area contributed by atoms with Gasteiger partial charge in [0.15, 0.2) is 4.80 Å². The maximum atomic E-state index is 13.8. The minimum absolute atomic E-state index is 0.0400. The van der Waals surface area contributed by atoms with Gasteiger partial charge in [0.1, 0.15) is 11.5 Å². The summed E-state index contributed by atoms with van der Waals surface area (Å²) in [6.45, 7) is 3.66. The molecule has 0 aliphatic carbocycles. The molecular weight excluding hydrogens is 566 g/mol. The molecule has 2 aromatic carbocycles. The number of carboxylic acids is 1. The summed E-state index contributed by atoms with van der Waals surface area (Å²) in [5, 5.41) is 9.51. The average Bonchev–Trinajstić information content (AvgIpc) is 3.52. The average molecular weight is 592 g/mol. The van der Waals surface area contributed by atoms with Crippen LogP contribution in [-0.4, -0.2) is 42.3 Å². The molecule has 3 heterocycles. The zero-order valence-electron chi connectivity index (χ0n) is 22.7. The predicted molar refractivity (Wildman–Crippen MR) is 157 cm³/mol. The largest absolute Gasteiger partial charge is 0.478 e. The lowest BCUT2D eigenvalue weighted by atomic mass is 9.95. The maximum absolute atomic E-state index is 13.8. The van der Waals surface area contributed by atoms with E-state index in [0.29, 0.717) is 37.7 Å². The number of esters is 1. The Hall–Kier alpha value is -4.41. The van der Waals surface area contributed by atoms with Gasteiger partial charge < -0.3 is 19.2 Å². The van der Waals surface area contributed by atoms with Crippen LogP contribution >= 0.6 is 22.9 Å². The van der Waals surface area contributed by atoms with E-state index in [1.807, 2.05) is 43.3 Å². The smallest absolute Gasteiger partial charge is 0.338 e. The fourth-order valence-electron chi connectivity index (χ4n) is 4.62. The second-order valence-electron chi connectivity index (χ2n) is 9.49. The molecule has 0 fully saturated rings. The summed E-state index contributed by atoms with van der Waals surface area (Å²) in [4.78, 5) is 45.4. The number of allylic oxidation sites excluding steroid dienone is 1. The Balaban J connectivity index is 1.61. The predicted octanol–water partition coefficient (Wildman–Crippen LogP) is 4.48. The molecule has 0 radical (unpaired) electrons. The number of aromatic nitrogens is 1. The van der Waals surface area contributed by atoms with Crippen molar-refractivity contribution in [2.75, 3.05) is 25.6 Å². The van der Waals surface area contributed by atoms with Crippen LogP contribution in [0.3, 0.4) is 0 Å². The van der Waals surface area contributed by atoms with Crippen LogP contribution in [0.1, 0.15) is 41.6 Å². The molecule has 2 aromatic heterocycles. The molecule has 1 aliphatic rings. The van der Waals surface area contributed by atoms with Crippen molar-refractivity contribution < 1.29 is 23.8 Å². The molecule has 0 unspecified atom stereocenters. The molecule has 0 spiro atoms. The number of benzene rings is 2. The van der Waals surface area contributed by atoms with Gasteiger partial charge in [-0.1, -0.05) is 35.1 Å². The van der Waals surface area contributed by atoms with E-state index in [9.17, 15) is 19.5 Å². The first-order valence-corrected chi connectivity index (χ1v) is 13.9. The van der Waals surface area contributed by atoms with Crippen LogP contribution in [0, 0.1) is 0 Å². The number of nitrogens with zero attached hydrogens (tertiary/aromatic N) is 3. The second kappa shape index (κ2) is 11.2. The summed E-state index contributed by atoms with van der Waals surface area (Å²) < 4.78 is 13.2. The van der Waals surface area contributed by atoms with E-state index in [4.69, 9.17) is 20.8 Å². The van der Waals surface area contributed by atoms with Gasteiger partial charge in [-0.05, 0) is 61.9 Å². The molecule has 210 valence electrons. The van der Waals surface area contributed by atoms with E-state index in [2.05, 4.69) is 4.99 Å². The number of ether oxygens (including phenoxy) is 1. The van der Waals surface area contributed by atoms with Gasteiger partial charge in [-0.3, -0.25) is 9.36 Å². The molecule has 0 saturated heterocycles. The highest BCUT2D eigenvalue weighted by Gasteiger charge is 2.33. The number of carbonyl (C=O) groups is 2. The van der Waals surface area contributed by atoms with Gasteiger partial charge in [0.25, 0.3) is 5.56 Å².